The molecule has 1 N–H and O–H groups in total. The minimum atomic E-state index is -0.550. The lowest BCUT2D eigenvalue weighted by molar-refractivity contribution is -0.139. The van der Waals surface area contributed by atoms with Gasteiger partial charge in [-0.3, -0.25) is 4.79 Å². The van der Waals surface area contributed by atoms with Crippen LogP contribution in [0.25, 0.3) is 0 Å². The van der Waals surface area contributed by atoms with Crippen molar-refractivity contribution >= 4 is 5.91 Å². The summed E-state index contributed by atoms with van der Waals surface area (Å²) in [6.07, 6.45) is 0.269. The minimum Gasteiger partial charge on any atom is -0.497 e. The van der Waals surface area contributed by atoms with Gasteiger partial charge in [0.15, 0.2) is 5.79 Å². The van der Waals surface area contributed by atoms with Crippen molar-refractivity contribution in [1.82, 2.24) is 5.32 Å². The zero-order valence-corrected chi connectivity index (χ0v) is 12.1. The first-order valence-corrected chi connectivity index (χ1v) is 6.70. The summed E-state index contributed by atoms with van der Waals surface area (Å²) in [4.78, 5) is 11.8. The van der Waals surface area contributed by atoms with Crippen LogP contribution in [-0.4, -0.2) is 38.1 Å². The van der Waals surface area contributed by atoms with Gasteiger partial charge < -0.3 is 19.5 Å². The van der Waals surface area contributed by atoms with E-state index >= 15 is 0 Å². The summed E-state index contributed by atoms with van der Waals surface area (Å²) in [6.45, 7) is 4.71. The van der Waals surface area contributed by atoms with E-state index in [-0.39, 0.29) is 12.0 Å². The van der Waals surface area contributed by atoms with Crippen molar-refractivity contribution < 1.29 is 19.0 Å². The molecule has 1 heterocycles. The highest BCUT2D eigenvalue weighted by molar-refractivity contribution is 5.78. The van der Waals surface area contributed by atoms with E-state index < -0.39 is 5.79 Å². The second kappa shape index (κ2) is 6.24. The zero-order chi connectivity index (χ0) is 14.6. The van der Waals surface area contributed by atoms with E-state index in [0.717, 1.165) is 11.3 Å². The molecule has 1 amide bonds. The fourth-order valence-electron chi connectivity index (χ4n) is 2.08. The van der Waals surface area contributed by atoms with Crippen LogP contribution in [0.3, 0.4) is 0 Å². The number of carbonyl (C=O) groups excluding carboxylic acids is 1. The van der Waals surface area contributed by atoms with Crippen molar-refractivity contribution in [3.8, 4) is 5.75 Å². The summed E-state index contributed by atoms with van der Waals surface area (Å²) in [5, 5.41) is 2.86. The maximum atomic E-state index is 11.8. The monoisotopic (exact) mass is 279 g/mol. The first-order valence-electron chi connectivity index (χ1n) is 6.70. The van der Waals surface area contributed by atoms with Crippen molar-refractivity contribution in [2.45, 2.75) is 32.2 Å². The smallest absolute Gasteiger partial charge is 0.224 e. The van der Waals surface area contributed by atoms with Gasteiger partial charge in [0.2, 0.25) is 5.91 Å². The number of hydrogen-bond donors (Lipinski definition) is 1. The molecule has 1 fully saturated rings. The van der Waals surface area contributed by atoms with E-state index in [9.17, 15) is 4.79 Å². The Bertz CT molecular complexity index is 455. The number of amides is 1. The molecule has 1 aliphatic rings. The molecule has 0 bridgehead atoms. The van der Waals surface area contributed by atoms with E-state index in [4.69, 9.17) is 14.2 Å². The van der Waals surface area contributed by atoms with Crippen molar-refractivity contribution in [2.75, 3.05) is 20.3 Å². The molecular weight excluding hydrogens is 258 g/mol. The van der Waals surface area contributed by atoms with Crippen LogP contribution >= 0.6 is 0 Å². The molecular formula is C15H21NO4. The van der Waals surface area contributed by atoms with Crippen LogP contribution in [0.1, 0.15) is 19.4 Å². The summed E-state index contributed by atoms with van der Waals surface area (Å²) in [6, 6.07) is 7.46. The van der Waals surface area contributed by atoms with E-state index in [1.54, 1.807) is 7.11 Å². The molecule has 0 aliphatic carbocycles. The zero-order valence-electron chi connectivity index (χ0n) is 12.1. The number of benzene rings is 1. The Morgan fingerprint density at radius 2 is 2.10 bits per heavy atom. The predicted molar refractivity (Wildman–Crippen MR) is 74.6 cm³/mol. The Balaban J connectivity index is 1.75. The number of carbonyl (C=O) groups is 1. The van der Waals surface area contributed by atoms with Crippen molar-refractivity contribution in [3.63, 3.8) is 0 Å². The largest absolute Gasteiger partial charge is 0.497 e. The Kier molecular flexibility index (Phi) is 4.62. The lowest BCUT2D eigenvalue weighted by atomic mass is 10.1. The highest BCUT2D eigenvalue weighted by Gasteiger charge is 2.32. The van der Waals surface area contributed by atoms with Gasteiger partial charge in [-0.15, -0.1) is 0 Å². The summed E-state index contributed by atoms with van der Waals surface area (Å²) in [5.74, 6) is 0.210. The Hall–Kier alpha value is -1.59. The van der Waals surface area contributed by atoms with Gasteiger partial charge in [-0.1, -0.05) is 12.1 Å². The van der Waals surface area contributed by atoms with Crippen molar-refractivity contribution in [1.29, 1.82) is 0 Å². The van der Waals surface area contributed by atoms with Gasteiger partial charge in [-0.25, -0.2) is 0 Å². The third kappa shape index (κ3) is 4.21. The van der Waals surface area contributed by atoms with Gasteiger partial charge in [0.1, 0.15) is 11.9 Å². The second-order valence-electron chi connectivity index (χ2n) is 5.28. The minimum absolute atomic E-state index is 0.0246. The third-order valence-corrected chi connectivity index (χ3v) is 3.12. The molecule has 1 atom stereocenters. The Morgan fingerprint density at radius 1 is 1.40 bits per heavy atom. The molecule has 1 aromatic carbocycles. The van der Waals surface area contributed by atoms with E-state index in [1.165, 1.54) is 0 Å². The quantitative estimate of drug-likeness (QED) is 0.887. The first kappa shape index (κ1) is 14.8. The van der Waals surface area contributed by atoms with Crippen LogP contribution in [0.2, 0.25) is 0 Å². The molecule has 20 heavy (non-hydrogen) atoms. The average molecular weight is 279 g/mol. The molecule has 0 saturated carbocycles. The van der Waals surface area contributed by atoms with E-state index in [1.807, 2.05) is 38.1 Å². The normalized spacial score (nSPS) is 20.6. The number of nitrogens with one attached hydrogen (secondary N) is 1. The number of ether oxygens (including phenoxy) is 3. The molecule has 0 aromatic heterocycles. The Labute approximate surface area is 119 Å². The number of methoxy groups -OCH3 is 1. The van der Waals surface area contributed by atoms with Gasteiger partial charge >= 0.3 is 0 Å². The molecule has 1 aliphatic heterocycles. The molecule has 0 radical (unpaired) electrons. The fourth-order valence-corrected chi connectivity index (χ4v) is 2.08. The van der Waals surface area contributed by atoms with Crippen molar-refractivity contribution in [2.24, 2.45) is 0 Å². The maximum absolute atomic E-state index is 11.8. The molecule has 0 spiro atoms. The van der Waals surface area contributed by atoms with Gasteiger partial charge in [-0.2, -0.15) is 0 Å². The SMILES string of the molecule is COc1ccc(CC(=O)NCC2COC(C)(C)O2)cc1. The molecule has 110 valence electrons. The summed E-state index contributed by atoms with van der Waals surface area (Å²) >= 11 is 0. The molecule has 1 aromatic rings. The molecule has 1 saturated heterocycles. The third-order valence-electron chi connectivity index (χ3n) is 3.12. The second-order valence-corrected chi connectivity index (χ2v) is 5.28. The van der Waals surface area contributed by atoms with Crippen molar-refractivity contribution in [3.05, 3.63) is 29.8 Å². The van der Waals surface area contributed by atoms with Gasteiger partial charge in [-0.05, 0) is 31.5 Å². The predicted octanol–water partition coefficient (Wildman–Crippen LogP) is 1.51. The highest BCUT2D eigenvalue weighted by Crippen LogP contribution is 2.21. The summed E-state index contributed by atoms with van der Waals surface area (Å²) in [7, 11) is 1.62. The van der Waals surface area contributed by atoms with Crippen LogP contribution in [0.15, 0.2) is 24.3 Å². The van der Waals surface area contributed by atoms with Crippen LogP contribution in [0.4, 0.5) is 0 Å². The van der Waals surface area contributed by atoms with Crippen LogP contribution in [0.5, 0.6) is 5.75 Å². The van der Waals surface area contributed by atoms with Crippen LogP contribution in [0, 0.1) is 0 Å². The van der Waals surface area contributed by atoms with Gasteiger partial charge in [0.05, 0.1) is 20.1 Å². The topological polar surface area (TPSA) is 56.8 Å². The first-order chi connectivity index (χ1) is 9.48. The molecule has 2 rings (SSSR count). The van der Waals surface area contributed by atoms with Gasteiger partial charge in [0.25, 0.3) is 0 Å². The lowest BCUT2D eigenvalue weighted by Gasteiger charge is -2.17. The summed E-state index contributed by atoms with van der Waals surface area (Å²) < 4.78 is 16.1. The van der Waals surface area contributed by atoms with Crippen LogP contribution in [-0.2, 0) is 20.7 Å². The van der Waals surface area contributed by atoms with Crippen LogP contribution < -0.4 is 10.1 Å². The van der Waals surface area contributed by atoms with Gasteiger partial charge in [0, 0.05) is 6.54 Å². The van der Waals surface area contributed by atoms with E-state index in [0.29, 0.717) is 19.6 Å². The number of rotatable bonds is 5. The average Bonchev–Trinajstić information content (AvgIpc) is 2.77. The highest BCUT2D eigenvalue weighted by atomic mass is 16.7. The van der Waals surface area contributed by atoms with E-state index in [2.05, 4.69) is 5.32 Å². The fraction of sp³-hybridized carbons (Fsp3) is 0.533. The standard InChI is InChI=1S/C15H21NO4/c1-15(2)19-10-13(20-15)9-16-14(17)8-11-4-6-12(18-3)7-5-11/h4-7,13H,8-10H2,1-3H3,(H,16,17). The molecule has 5 nitrogen and oxygen atoms in total. The maximum Gasteiger partial charge on any atom is 0.224 e. The molecule has 1 unspecified atom stereocenters. The number of hydrogen-bond acceptors (Lipinski definition) is 4. The Morgan fingerprint density at radius 3 is 2.65 bits per heavy atom. The molecule has 5 heteroatoms. The lowest BCUT2D eigenvalue weighted by Crippen LogP contribution is -2.35. The summed E-state index contributed by atoms with van der Waals surface area (Å²) in [5.41, 5.74) is 0.951.